The molecule has 0 radical (unpaired) electrons. The summed E-state index contributed by atoms with van der Waals surface area (Å²) in [6.07, 6.45) is 1.09. The molecule has 2 unspecified atom stereocenters. The van der Waals surface area contributed by atoms with E-state index in [1.54, 1.807) is 0 Å². The molecule has 1 aromatic carbocycles. The van der Waals surface area contributed by atoms with Crippen LogP contribution in [0, 0.1) is 5.92 Å². The summed E-state index contributed by atoms with van der Waals surface area (Å²) in [6, 6.07) is 9.67. The molecule has 4 heteroatoms. The zero-order valence-corrected chi connectivity index (χ0v) is 12.2. The lowest BCUT2D eigenvalue weighted by Crippen LogP contribution is -2.40. The van der Waals surface area contributed by atoms with E-state index in [2.05, 4.69) is 0 Å². The number of carbonyl (C=O) groups excluding carboxylic acids is 1. The van der Waals surface area contributed by atoms with Gasteiger partial charge in [-0.15, -0.1) is 0 Å². The number of hydrogen-bond donors (Lipinski definition) is 1. The molecule has 1 fully saturated rings. The minimum atomic E-state index is -0.218. The van der Waals surface area contributed by atoms with Crippen molar-refractivity contribution in [1.82, 2.24) is 4.90 Å². The quantitative estimate of drug-likeness (QED) is 0.922. The minimum Gasteiger partial charge on any atom is -0.342 e. The first-order valence-corrected chi connectivity index (χ1v) is 8.02. The van der Waals surface area contributed by atoms with E-state index in [1.165, 1.54) is 0 Å². The number of amides is 1. The van der Waals surface area contributed by atoms with Gasteiger partial charge in [0.05, 0.1) is 5.92 Å². The molecule has 19 heavy (non-hydrogen) atoms. The molecule has 0 saturated carbocycles. The van der Waals surface area contributed by atoms with Gasteiger partial charge in [0.25, 0.3) is 0 Å². The van der Waals surface area contributed by atoms with E-state index in [0.29, 0.717) is 0 Å². The molecule has 0 aromatic heterocycles. The van der Waals surface area contributed by atoms with Gasteiger partial charge >= 0.3 is 0 Å². The molecule has 1 amide bonds. The summed E-state index contributed by atoms with van der Waals surface area (Å²) < 4.78 is 0. The Bertz CT molecular complexity index is 402. The number of carbonyl (C=O) groups is 1. The molecule has 0 bridgehead atoms. The van der Waals surface area contributed by atoms with Crippen molar-refractivity contribution >= 4 is 17.7 Å². The fourth-order valence-corrected chi connectivity index (χ4v) is 3.26. The Balaban J connectivity index is 2.01. The molecule has 2 rings (SSSR count). The maximum atomic E-state index is 12.5. The van der Waals surface area contributed by atoms with Gasteiger partial charge in [0.15, 0.2) is 0 Å². The van der Waals surface area contributed by atoms with Crippen LogP contribution < -0.4 is 5.73 Å². The number of nitrogens with two attached hydrogens (primary N) is 1. The monoisotopic (exact) mass is 278 g/mol. The van der Waals surface area contributed by atoms with Gasteiger partial charge in [-0.2, -0.15) is 11.8 Å². The van der Waals surface area contributed by atoms with Crippen LogP contribution in [0.2, 0.25) is 0 Å². The van der Waals surface area contributed by atoms with Crippen molar-refractivity contribution in [2.75, 3.05) is 24.6 Å². The molecule has 1 saturated heterocycles. The first-order valence-electron chi connectivity index (χ1n) is 6.87. The Morgan fingerprint density at radius 3 is 2.74 bits per heavy atom. The van der Waals surface area contributed by atoms with Crippen molar-refractivity contribution in [2.45, 2.75) is 19.4 Å². The van der Waals surface area contributed by atoms with E-state index in [0.717, 1.165) is 36.6 Å². The second kappa shape index (κ2) is 6.96. The van der Waals surface area contributed by atoms with Crippen LogP contribution in [-0.4, -0.2) is 35.4 Å². The van der Waals surface area contributed by atoms with Gasteiger partial charge in [0, 0.05) is 24.9 Å². The van der Waals surface area contributed by atoms with Gasteiger partial charge in [-0.05, 0) is 17.7 Å². The standard InChI is InChI=1S/C15H22N2OS/c1-12(14(16)13-6-3-2-4-7-13)15(18)17-8-5-10-19-11-9-17/h2-4,6-7,12,14H,5,8-11,16H2,1H3. The fourth-order valence-electron chi connectivity index (χ4n) is 2.37. The van der Waals surface area contributed by atoms with Gasteiger partial charge in [-0.25, -0.2) is 0 Å². The van der Waals surface area contributed by atoms with E-state index in [9.17, 15) is 4.79 Å². The highest BCUT2D eigenvalue weighted by Gasteiger charge is 2.26. The van der Waals surface area contributed by atoms with Gasteiger partial charge in [-0.3, -0.25) is 4.79 Å². The Labute approximate surface area is 119 Å². The molecule has 104 valence electrons. The average molecular weight is 278 g/mol. The largest absolute Gasteiger partial charge is 0.342 e. The molecule has 0 aliphatic carbocycles. The second-order valence-electron chi connectivity index (χ2n) is 5.02. The summed E-state index contributed by atoms with van der Waals surface area (Å²) in [5.74, 6) is 2.23. The lowest BCUT2D eigenvalue weighted by molar-refractivity contribution is -0.135. The third-order valence-electron chi connectivity index (χ3n) is 3.65. The van der Waals surface area contributed by atoms with Crippen molar-refractivity contribution in [2.24, 2.45) is 11.7 Å². The van der Waals surface area contributed by atoms with Crippen LogP contribution >= 0.6 is 11.8 Å². The normalized spacial score (nSPS) is 19.6. The van der Waals surface area contributed by atoms with Gasteiger partial charge in [-0.1, -0.05) is 37.3 Å². The van der Waals surface area contributed by atoms with E-state index in [-0.39, 0.29) is 17.9 Å². The van der Waals surface area contributed by atoms with Crippen molar-refractivity contribution in [3.05, 3.63) is 35.9 Å². The van der Waals surface area contributed by atoms with Gasteiger partial charge < -0.3 is 10.6 Å². The van der Waals surface area contributed by atoms with Crippen LogP contribution in [0.4, 0.5) is 0 Å². The lowest BCUT2D eigenvalue weighted by atomic mass is 9.94. The van der Waals surface area contributed by atoms with Crippen molar-refractivity contribution in [3.63, 3.8) is 0 Å². The fraction of sp³-hybridized carbons (Fsp3) is 0.533. The highest BCUT2D eigenvalue weighted by atomic mass is 32.2. The summed E-state index contributed by atoms with van der Waals surface area (Å²) in [5, 5.41) is 0. The van der Waals surface area contributed by atoms with Crippen molar-refractivity contribution < 1.29 is 4.79 Å². The SMILES string of the molecule is CC(C(=O)N1CCCSCC1)C(N)c1ccccc1. The van der Waals surface area contributed by atoms with E-state index in [4.69, 9.17) is 5.73 Å². The molecule has 2 atom stereocenters. The summed E-state index contributed by atoms with van der Waals surface area (Å²) in [4.78, 5) is 14.5. The smallest absolute Gasteiger partial charge is 0.227 e. The van der Waals surface area contributed by atoms with Crippen LogP contribution in [-0.2, 0) is 4.79 Å². The molecule has 1 aliphatic heterocycles. The molecule has 3 nitrogen and oxygen atoms in total. The maximum Gasteiger partial charge on any atom is 0.227 e. The minimum absolute atomic E-state index is 0.162. The van der Waals surface area contributed by atoms with E-state index in [1.807, 2.05) is 53.9 Å². The van der Waals surface area contributed by atoms with Crippen LogP contribution in [0.1, 0.15) is 24.9 Å². The summed E-state index contributed by atoms with van der Waals surface area (Å²) in [5.41, 5.74) is 7.27. The zero-order valence-electron chi connectivity index (χ0n) is 11.4. The summed E-state index contributed by atoms with van der Waals surface area (Å²) >= 11 is 1.93. The molecule has 1 aliphatic rings. The average Bonchev–Trinajstić information content (AvgIpc) is 2.75. The van der Waals surface area contributed by atoms with Crippen molar-refractivity contribution in [3.8, 4) is 0 Å². The lowest BCUT2D eigenvalue weighted by Gasteiger charge is -2.27. The maximum absolute atomic E-state index is 12.5. The Hall–Kier alpha value is -1.00. The van der Waals surface area contributed by atoms with E-state index >= 15 is 0 Å². The topological polar surface area (TPSA) is 46.3 Å². The highest BCUT2D eigenvalue weighted by Crippen LogP contribution is 2.22. The van der Waals surface area contributed by atoms with Crippen LogP contribution in [0.25, 0.3) is 0 Å². The summed E-state index contributed by atoms with van der Waals surface area (Å²) in [7, 11) is 0. The zero-order chi connectivity index (χ0) is 13.7. The molecular formula is C15H22N2OS. The first-order chi connectivity index (χ1) is 9.20. The Morgan fingerprint density at radius 2 is 2.00 bits per heavy atom. The summed E-state index contributed by atoms with van der Waals surface area (Å²) in [6.45, 7) is 3.67. The Morgan fingerprint density at radius 1 is 1.26 bits per heavy atom. The molecule has 1 aromatic rings. The second-order valence-corrected chi connectivity index (χ2v) is 6.24. The van der Waals surface area contributed by atoms with Gasteiger partial charge in [0.1, 0.15) is 0 Å². The number of benzene rings is 1. The molecular weight excluding hydrogens is 256 g/mol. The molecule has 1 heterocycles. The number of thioether (sulfide) groups is 1. The predicted octanol–water partition coefficient (Wildman–Crippen LogP) is 2.29. The molecule has 0 spiro atoms. The number of hydrogen-bond acceptors (Lipinski definition) is 3. The van der Waals surface area contributed by atoms with Crippen LogP contribution in [0.15, 0.2) is 30.3 Å². The van der Waals surface area contributed by atoms with Crippen molar-refractivity contribution in [1.29, 1.82) is 0 Å². The number of rotatable bonds is 3. The van der Waals surface area contributed by atoms with Gasteiger partial charge in [0.2, 0.25) is 5.91 Å². The van der Waals surface area contributed by atoms with Crippen LogP contribution in [0.5, 0.6) is 0 Å². The Kier molecular flexibility index (Phi) is 5.28. The van der Waals surface area contributed by atoms with E-state index < -0.39 is 0 Å². The third-order valence-corrected chi connectivity index (χ3v) is 4.70. The third kappa shape index (κ3) is 3.74. The first kappa shape index (κ1) is 14.4. The highest BCUT2D eigenvalue weighted by molar-refractivity contribution is 7.99. The predicted molar refractivity (Wildman–Crippen MR) is 81.1 cm³/mol. The number of nitrogens with zero attached hydrogens (tertiary/aromatic N) is 1. The van der Waals surface area contributed by atoms with Crippen LogP contribution in [0.3, 0.4) is 0 Å². The molecule has 2 N–H and O–H groups in total.